The van der Waals surface area contributed by atoms with Crippen molar-refractivity contribution in [3.05, 3.63) is 71.3 Å². The summed E-state index contributed by atoms with van der Waals surface area (Å²) >= 11 is 0. The summed E-state index contributed by atoms with van der Waals surface area (Å²) in [5, 5.41) is 5.57. The number of hydrogen-bond donors (Lipinski definition) is 2. The van der Waals surface area contributed by atoms with Gasteiger partial charge in [0.15, 0.2) is 0 Å². The van der Waals surface area contributed by atoms with Crippen molar-refractivity contribution in [1.82, 2.24) is 10.6 Å². The summed E-state index contributed by atoms with van der Waals surface area (Å²) in [5.41, 5.74) is 0.883. The third-order valence-corrected chi connectivity index (χ3v) is 4.89. The van der Waals surface area contributed by atoms with Gasteiger partial charge < -0.3 is 10.6 Å². The maximum atomic E-state index is 12.8. The van der Waals surface area contributed by atoms with Crippen molar-refractivity contribution in [3.63, 3.8) is 0 Å². The van der Waals surface area contributed by atoms with Crippen LogP contribution in [-0.4, -0.2) is 12.6 Å². The highest BCUT2D eigenvalue weighted by Crippen LogP contribution is 2.47. The molecule has 2 aromatic carbocycles. The number of carbonyl (C=O) groups is 1. The maximum absolute atomic E-state index is 12.8. The van der Waals surface area contributed by atoms with Crippen LogP contribution in [0.1, 0.15) is 42.5 Å². The largest absolute Gasteiger partial charge is 0.416 e. The molecule has 1 fully saturated rings. The van der Waals surface area contributed by atoms with Crippen LogP contribution >= 0.6 is 0 Å². The van der Waals surface area contributed by atoms with Crippen molar-refractivity contribution >= 4 is 6.03 Å². The lowest BCUT2D eigenvalue weighted by atomic mass is 9.96. The smallest absolute Gasteiger partial charge is 0.337 e. The van der Waals surface area contributed by atoms with Crippen LogP contribution in [0, 0.1) is 0 Å². The predicted octanol–water partition coefficient (Wildman–Crippen LogP) is 4.80. The molecule has 26 heavy (non-hydrogen) atoms. The molecule has 0 aliphatic heterocycles. The molecule has 1 atom stereocenters. The molecule has 1 aliphatic carbocycles. The SMILES string of the molecule is CC(NC(=O)NCC1(c2ccccc2)CC1)c1cccc(C(F)(F)F)c1. The van der Waals surface area contributed by atoms with Gasteiger partial charge in [-0.1, -0.05) is 42.5 Å². The van der Waals surface area contributed by atoms with Crippen LogP contribution in [0.3, 0.4) is 0 Å². The van der Waals surface area contributed by atoms with Crippen LogP contribution in [0.2, 0.25) is 0 Å². The summed E-state index contributed by atoms with van der Waals surface area (Å²) in [6.45, 7) is 2.18. The van der Waals surface area contributed by atoms with Gasteiger partial charge in [-0.25, -0.2) is 4.79 Å². The zero-order chi connectivity index (χ0) is 18.8. The molecule has 1 saturated carbocycles. The third kappa shape index (κ3) is 4.18. The highest BCUT2D eigenvalue weighted by Gasteiger charge is 2.44. The molecule has 1 aliphatic rings. The molecule has 2 aromatic rings. The molecule has 2 amide bonds. The second-order valence-electron chi connectivity index (χ2n) is 6.82. The molecule has 0 aromatic heterocycles. The first-order valence-corrected chi connectivity index (χ1v) is 8.57. The monoisotopic (exact) mass is 362 g/mol. The molecule has 138 valence electrons. The van der Waals surface area contributed by atoms with Gasteiger partial charge in [0, 0.05) is 12.0 Å². The van der Waals surface area contributed by atoms with Gasteiger partial charge in [-0.3, -0.25) is 0 Å². The number of urea groups is 1. The fourth-order valence-corrected chi connectivity index (χ4v) is 3.07. The topological polar surface area (TPSA) is 41.1 Å². The van der Waals surface area contributed by atoms with E-state index >= 15 is 0 Å². The van der Waals surface area contributed by atoms with Gasteiger partial charge in [0.2, 0.25) is 0 Å². The summed E-state index contributed by atoms with van der Waals surface area (Å²) in [4.78, 5) is 12.2. The van der Waals surface area contributed by atoms with E-state index in [9.17, 15) is 18.0 Å². The van der Waals surface area contributed by atoms with Gasteiger partial charge in [-0.2, -0.15) is 13.2 Å². The number of benzene rings is 2. The Bertz CT molecular complexity index is 770. The van der Waals surface area contributed by atoms with Gasteiger partial charge in [-0.05, 0) is 43.0 Å². The third-order valence-electron chi connectivity index (χ3n) is 4.89. The molecule has 3 nitrogen and oxygen atoms in total. The average Bonchev–Trinajstić information content (AvgIpc) is 3.41. The Morgan fingerprint density at radius 2 is 1.81 bits per heavy atom. The van der Waals surface area contributed by atoms with Gasteiger partial charge in [0.25, 0.3) is 0 Å². The summed E-state index contributed by atoms with van der Waals surface area (Å²) < 4.78 is 38.4. The lowest BCUT2D eigenvalue weighted by molar-refractivity contribution is -0.137. The molecule has 1 unspecified atom stereocenters. The Morgan fingerprint density at radius 3 is 2.42 bits per heavy atom. The van der Waals surface area contributed by atoms with Crippen molar-refractivity contribution in [3.8, 4) is 0 Å². The van der Waals surface area contributed by atoms with Crippen LogP contribution in [0.25, 0.3) is 0 Å². The first-order chi connectivity index (χ1) is 12.3. The predicted molar refractivity (Wildman–Crippen MR) is 93.7 cm³/mol. The summed E-state index contributed by atoms with van der Waals surface area (Å²) in [6.07, 6.45) is -2.37. The molecule has 0 heterocycles. The first-order valence-electron chi connectivity index (χ1n) is 8.57. The summed E-state index contributed by atoms with van der Waals surface area (Å²) in [5.74, 6) is 0. The highest BCUT2D eigenvalue weighted by atomic mass is 19.4. The minimum atomic E-state index is -4.40. The van der Waals surface area contributed by atoms with Gasteiger partial charge in [0.05, 0.1) is 11.6 Å². The average molecular weight is 362 g/mol. The molecular weight excluding hydrogens is 341 g/mol. The molecule has 0 saturated heterocycles. The Balaban J connectivity index is 1.57. The standard InChI is InChI=1S/C20H21F3N2O/c1-14(15-6-5-9-17(12-15)20(21,22)23)25-18(26)24-13-19(10-11-19)16-7-3-2-4-8-16/h2-9,12,14H,10-11,13H2,1H3,(H2,24,25,26). The fourth-order valence-electron chi connectivity index (χ4n) is 3.07. The molecule has 6 heteroatoms. The molecule has 0 radical (unpaired) electrons. The Labute approximate surface area is 150 Å². The van der Waals surface area contributed by atoms with Crippen molar-refractivity contribution in [2.75, 3.05) is 6.54 Å². The van der Waals surface area contributed by atoms with Crippen molar-refractivity contribution in [2.45, 2.75) is 37.4 Å². The van der Waals surface area contributed by atoms with E-state index in [4.69, 9.17) is 0 Å². The number of carbonyl (C=O) groups excluding carboxylic acids is 1. The fraction of sp³-hybridized carbons (Fsp3) is 0.350. The number of alkyl halides is 3. The summed E-state index contributed by atoms with van der Waals surface area (Å²) in [7, 11) is 0. The Hall–Kier alpha value is -2.50. The van der Waals surface area contributed by atoms with E-state index in [0.29, 0.717) is 12.1 Å². The quantitative estimate of drug-likeness (QED) is 0.788. The van der Waals surface area contributed by atoms with Gasteiger partial charge >= 0.3 is 12.2 Å². The van der Waals surface area contributed by atoms with Crippen molar-refractivity contribution in [2.24, 2.45) is 0 Å². The van der Waals surface area contributed by atoms with Crippen molar-refractivity contribution in [1.29, 1.82) is 0 Å². The number of rotatable bonds is 5. The van der Waals surface area contributed by atoms with Crippen LogP contribution in [0.15, 0.2) is 54.6 Å². The zero-order valence-corrected chi connectivity index (χ0v) is 14.4. The van der Waals surface area contributed by atoms with Gasteiger partial charge in [0.1, 0.15) is 0 Å². The zero-order valence-electron chi connectivity index (χ0n) is 14.4. The first kappa shape index (κ1) is 18.3. The van der Waals surface area contributed by atoms with Crippen LogP contribution in [0.4, 0.5) is 18.0 Å². The van der Waals surface area contributed by atoms with Crippen LogP contribution in [0.5, 0.6) is 0 Å². The van der Waals surface area contributed by atoms with E-state index in [1.807, 2.05) is 18.2 Å². The number of hydrogen-bond acceptors (Lipinski definition) is 1. The number of amides is 2. The normalized spacial score (nSPS) is 16.6. The second-order valence-corrected chi connectivity index (χ2v) is 6.82. The molecule has 0 spiro atoms. The van der Waals surface area contributed by atoms with E-state index in [2.05, 4.69) is 22.8 Å². The lowest BCUT2D eigenvalue weighted by Crippen LogP contribution is -2.40. The van der Waals surface area contributed by atoms with E-state index < -0.39 is 17.8 Å². The maximum Gasteiger partial charge on any atom is 0.416 e. The molecule has 0 bridgehead atoms. The van der Waals surface area contributed by atoms with E-state index in [1.54, 1.807) is 13.0 Å². The van der Waals surface area contributed by atoms with Crippen LogP contribution in [-0.2, 0) is 11.6 Å². The molecule has 3 rings (SSSR count). The minimum Gasteiger partial charge on any atom is -0.337 e. The lowest BCUT2D eigenvalue weighted by Gasteiger charge is -2.20. The molecule has 2 N–H and O–H groups in total. The van der Waals surface area contributed by atoms with E-state index in [-0.39, 0.29) is 11.4 Å². The number of halogens is 3. The summed E-state index contributed by atoms with van der Waals surface area (Å²) in [6, 6.07) is 14.1. The van der Waals surface area contributed by atoms with Crippen LogP contribution < -0.4 is 10.6 Å². The number of nitrogens with one attached hydrogen (secondary N) is 2. The molecular formula is C20H21F3N2O. The van der Waals surface area contributed by atoms with E-state index in [0.717, 1.165) is 25.0 Å². The van der Waals surface area contributed by atoms with Gasteiger partial charge in [-0.15, -0.1) is 0 Å². The Morgan fingerprint density at radius 1 is 1.12 bits per heavy atom. The van der Waals surface area contributed by atoms with Crippen molar-refractivity contribution < 1.29 is 18.0 Å². The van der Waals surface area contributed by atoms with E-state index in [1.165, 1.54) is 11.6 Å². The minimum absolute atomic E-state index is 0.0158. The highest BCUT2D eigenvalue weighted by molar-refractivity contribution is 5.74. The second kappa shape index (κ2) is 7.02. The Kier molecular flexibility index (Phi) is 4.94.